The average molecular weight is 433 g/mol. The van der Waals surface area contributed by atoms with Gasteiger partial charge in [0.1, 0.15) is 5.76 Å². The molecule has 2 aliphatic heterocycles. The van der Waals surface area contributed by atoms with Crippen molar-refractivity contribution in [2.24, 2.45) is 5.92 Å². The Bertz CT molecular complexity index is 990. The van der Waals surface area contributed by atoms with Gasteiger partial charge in [0.25, 0.3) is 10.0 Å². The van der Waals surface area contributed by atoms with Gasteiger partial charge in [-0.25, -0.2) is 13.8 Å². The number of hydrogen-bond donors (Lipinski definition) is 3. The summed E-state index contributed by atoms with van der Waals surface area (Å²) in [5, 5.41) is 2.96. The number of benzene rings is 1. The maximum Gasteiger partial charge on any atom is 0.276 e. The van der Waals surface area contributed by atoms with Crippen LogP contribution in [0.5, 0.6) is 0 Å². The zero-order valence-electron chi connectivity index (χ0n) is 17.1. The summed E-state index contributed by atoms with van der Waals surface area (Å²) >= 11 is 0. The van der Waals surface area contributed by atoms with Crippen molar-refractivity contribution in [3.05, 3.63) is 53.3 Å². The molecule has 1 aromatic carbocycles. The molecule has 30 heavy (non-hydrogen) atoms. The normalized spacial score (nSPS) is 21.0. The molecule has 2 saturated heterocycles. The average Bonchev–Trinajstić information content (AvgIpc) is 3.45. The lowest BCUT2D eigenvalue weighted by atomic mass is 9.97. The lowest BCUT2D eigenvalue weighted by Crippen LogP contribution is -2.42. The fourth-order valence-electron chi connectivity index (χ4n) is 3.98. The molecule has 9 heteroatoms. The fraction of sp³-hybridized carbons (Fsp3) is 0.476. The maximum absolute atomic E-state index is 12.9. The first-order valence-electron chi connectivity index (χ1n) is 10.4. The van der Waals surface area contributed by atoms with Crippen molar-refractivity contribution in [1.82, 2.24) is 20.5 Å². The predicted molar refractivity (Wildman–Crippen MR) is 112 cm³/mol. The molecule has 2 aliphatic rings. The van der Waals surface area contributed by atoms with Crippen LogP contribution < -0.4 is 16.2 Å². The molecule has 0 aliphatic carbocycles. The minimum Gasteiger partial charge on any atom is -0.447 e. The van der Waals surface area contributed by atoms with E-state index in [1.165, 1.54) is 10.4 Å². The highest BCUT2D eigenvalue weighted by atomic mass is 32.2. The van der Waals surface area contributed by atoms with E-state index in [0.717, 1.165) is 24.1 Å². The Morgan fingerprint density at radius 3 is 2.63 bits per heavy atom. The number of hydrazine groups is 1. The van der Waals surface area contributed by atoms with E-state index in [2.05, 4.69) is 16.2 Å². The van der Waals surface area contributed by atoms with Gasteiger partial charge < -0.3 is 9.73 Å². The number of hydrogen-bond acceptors (Lipinski definition) is 6. The molecule has 1 atom stereocenters. The molecule has 0 saturated carbocycles. The minimum atomic E-state index is -3.69. The third-order valence-electron chi connectivity index (χ3n) is 5.91. The van der Waals surface area contributed by atoms with Crippen LogP contribution in [0.4, 0.5) is 0 Å². The third-order valence-corrected chi connectivity index (χ3v) is 7.69. The summed E-state index contributed by atoms with van der Waals surface area (Å²) in [6.45, 7) is 3.94. The molecule has 2 aromatic rings. The van der Waals surface area contributed by atoms with Crippen molar-refractivity contribution < 1.29 is 17.6 Å². The number of furan rings is 1. The molecule has 2 fully saturated rings. The maximum atomic E-state index is 12.9. The summed E-state index contributed by atoms with van der Waals surface area (Å²) in [6.07, 6.45) is 1.84. The smallest absolute Gasteiger partial charge is 0.276 e. The van der Waals surface area contributed by atoms with Gasteiger partial charge in [-0.1, -0.05) is 24.3 Å². The number of amides is 1. The molecule has 0 radical (unpaired) electrons. The van der Waals surface area contributed by atoms with Gasteiger partial charge in [-0.3, -0.25) is 10.2 Å². The summed E-state index contributed by atoms with van der Waals surface area (Å²) in [5.41, 5.74) is 8.31. The lowest BCUT2D eigenvalue weighted by molar-refractivity contribution is -0.126. The molecule has 4 rings (SSSR count). The van der Waals surface area contributed by atoms with Crippen LogP contribution in [0.15, 0.2) is 45.9 Å². The Kier molecular flexibility index (Phi) is 6.24. The second kappa shape index (κ2) is 8.89. The largest absolute Gasteiger partial charge is 0.447 e. The highest BCUT2D eigenvalue weighted by Crippen LogP contribution is 2.28. The predicted octanol–water partition coefficient (Wildman–Crippen LogP) is 1.84. The van der Waals surface area contributed by atoms with Crippen LogP contribution in [0.25, 0.3) is 0 Å². The van der Waals surface area contributed by atoms with Gasteiger partial charge in [-0.05, 0) is 49.4 Å². The summed E-state index contributed by atoms with van der Waals surface area (Å²) < 4.78 is 32.9. The molecule has 8 nitrogen and oxygen atoms in total. The van der Waals surface area contributed by atoms with Crippen LogP contribution in [0.3, 0.4) is 0 Å². The van der Waals surface area contributed by atoms with E-state index in [1.807, 2.05) is 31.2 Å². The van der Waals surface area contributed by atoms with E-state index in [0.29, 0.717) is 38.2 Å². The zero-order chi connectivity index (χ0) is 21.1. The van der Waals surface area contributed by atoms with Crippen LogP contribution in [-0.4, -0.2) is 38.3 Å². The summed E-state index contributed by atoms with van der Waals surface area (Å²) in [6, 6.07) is 11.2. The number of rotatable bonds is 6. The quantitative estimate of drug-likeness (QED) is 0.644. The standard InChI is InChI=1S/C21H28N4O4S/c1-15-4-2-3-5-17(15)14-22-21(26)16-9-12-25(13-10-16)30(27,28)20-7-6-19(29-20)18-8-11-23-24-18/h2-7,16,18,23-24H,8-14H2,1H3,(H,22,26). The SMILES string of the molecule is Cc1ccccc1CNC(=O)C1CCN(S(=O)(=O)c2ccc(C3CCNN3)o2)CC1. The van der Waals surface area contributed by atoms with Gasteiger partial charge in [0.2, 0.25) is 11.0 Å². The molecule has 162 valence electrons. The molecule has 1 unspecified atom stereocenters. The second-order valence-electron chi connectivity index (χ2n) is 7.89. The summed E-state index contributed by atoms with van der Waals surface area (Å²) in [5.74, 6) is 0.417. The first-order chi connectivity index (χ1) is 14.4. The van der Waals surface area contributed by atoms with Gasteiger partial charge in [0, 0.05) is 32.1 Å². The molecular formula is C21H28N4O4S. The summed E-state index contributed by atoms with van der Waals surface area (Å²) in [7, 11) is -3.69. The first kappa shape index (κ1) is 21.0. The van der Waals surface area contributed by atoms with Crippen LogP contribution in [0.2, 0.25) is 0 Å². The van der Waals surface area contributed by atoms with Gasteiger partial charge in [-0.15, -0.1) is 0 Å². The van der Waals surface area contributed by atoms with Crippen molar-refractivity contribution in [2.45, 2.75) is 43.9 Å². The van der Waals surface area contributed by atoms with Crippen LogP contribution in [0, 0.1) is 12.8 Å². The number of nitrogens with zero attached hydrogens (tertiary/aromatic N) is 1. The van der Waals surface area contributed by atoms with Crippen molar-refractivity contribution in [1.29, 1.82) is 0 Å². The number of piperidine rings is 1. The summed E-state index contributed by atoms with van der Waals surface area (Å²) in [4.78, 5) is 12.5. The molecule has 3 heterocycles. The van der Waals surface area contributed by atoms with Gasteiger partial charge in [-0.2, -0.15) is 4.31 Å². The van der Waals surface area contributed by atoms with Crippen molar-refractivity contribution in [2.75, 3.05) is 19.6 Å². The number of sulfonamides is 1. The van der Waals surface area contributed by atoms with Gasteiger partial charge in [0.15, 0.2) is 0 Å². The molecule has 0 bridgehead atoms. The van der Waals surface area contributed by atoms with Gasteiger partial charge >= 0.3 is 0 Å². The minimum absolute atomic E-state index is 0.0170. The van der Waals surface area contributed by atoms with E-state index in [-0.39, 0.29) is 23.0 Å². The van der Waals surface area contributed by atoms with Crippen molar-refractivity contribution >= 4 is 15.9 Å². The molecule has 1 aromatic heterocycles. The molecule has 0 spiro atoms. The van der Waals surface area contributed by atoms with E-state index < -0.39 is 10.0 Å². The highest BCUT2D eigenvalue weighted by Gasteiger charge is 2.34. The Hall–Kier alpha value is -2.20. The lowest BCUT2D eigenvalue weighted by Gasteiger charge is -2.29. The Balaban J connectivity index is 1.32. The Morgan fingerprint density at radius 2 is 1.93 bits per heavy atom. The third kappa shape index (κ3) is 4.44. The Morgan fingerprint density at radius 1 is 1.17 bits per heavy atom. The van der Waals surface area contributed by atoms with Crippen molar-refractivity contribution in [3.8, 4) is 0 Å². The van der Waals surface area contributed by atoms with Crippen molar-refractivity contribution in [3.63, 3.8) is 0 Å². The van der Waals surface area contributed by atoms with E-state index in [9.17, 15) is 13.2 Å². The highest BCUT2D eigenvalue weighted by molar-refractivity contribution is 7.89. The van der Waals surface area contributed by atoms with Gasteiger partial charge in [0.05, 0.1) is 6.04 Å². The van der Waals surface area contributed by atoms with Crippen LogP contribution in [0.1, 0.15) is 42.2 Å². The van der Waals surface area contributed by atoms with E-state index >= 15 is 0 Å². The number of nitrogens with one attached hydrogen (secondary N) is 3. The van der Waals surface area contributed by atoms with E-state index in [4.69, 9.17) is 4.42 Å². The first-order valence-corrected chi connectivity index (χ1v) is 11.8. The second-order valence-corrected chi connectivity index (χ2v) is 9.76. The molecule has 3 N–H and O–H groups in total. The fourth-order valence-corrected chi connectivity index (χ4v) is 5.37. The Labute approximate surface area is 177 Å². The molecular weight excluding hydrogens is 404 g/mol. The van der Waals surface area contributed by atoms with E-state index in [1.54, 1.807) is 6.07 Å². The number of carbonyl (C=O) groups excluding carboxylic acids is 1. The molecule has 1 amide bonds. The number of aryl methyl sites for hydroxylation is 1. The monoisotopic (exact) mass is 432 g/mol. The number of carbonyl (C=O) groups is 1. The van der Waals surface area contributed by atoms with Crippen LogP contribution >= 0.6 is 0 Å². The zero-order valence-corrected chi connectivity index (χ0v) is 17.9. The topological polar surface area (TPSA) is 104 Å². The van der Waals surface area contributed by atoms with Crippen LogP contribution in [-0.2, 0) is 21.4 Å².